The predicted octanol–water partition coefficient (Wildman–Crippen LogP) is 3.65. The van der Waals surface area contributed by atoms with Gasteiger partial charge in [0.25, 0.3) is 0 Å². The number of esters is 1. The average molecular weight is 388 g/mol. The van der Waals surface area contributed by atoms with Gasteiger partial charge in [0.05, 0.1) is 13.2 Å². The SMILES string of the molecule is C[C@@H]1OC(=O)[C@@H](N)COC[C@H](Cc2ccc(Cl)cc2)[C@H]1Cc1ccccc1. The zero-order valence-electron chi connectivity index (χ0n) is 15.5. The van der Waals surface area contributed by atoms with Crippen LogP contribution >= 0.6 is 11.6 Å². The van der Waals surface area contributed by atoms with Gasteiger partial charge >= 0.3 is 5.97 Å². The van der Waals surface area contributed by atoms with Crippen molar-refractivity contribution in [3.63, 3.8) is 0 Å². The van der Waals surface area contributed by atoms with Crippen molar-refractivity contribution in [1.82, 2.24) is 0 Å². The molecule has 0 saturated carbocycles. The second-order valence-corrected chi connectivity index (χ2v) is 7.67. The van der Waals surface area contributed by atoms with Crippen LogP contribution in [0.1, 0.15) is 18.1 Å². The van der Waals surface area contributed by atoms with Crippen molar-refractivity contribution in [2.45, 2.75) is 31.9 Å². The third-order valence-electron chi connectivity index (χ3n) is 5.17. The lowest BCUT2D eigenvalue weighted by atomic mass is 9.80. The summed E-state index contributed by atoms with van der Waals surface area (Å²) in [4.78, 5) is 12.2. The first kappa shape index (κ1) is 19.9. The lowest BCUT2D eigenvalue weighted by molar-refractivity contribution is -0.153. The van der Waals surface area contributed by atoms with Crippen molar-refractivity contribution in [2.75, 3.05) is 13.2 Å². The number of carbonyl (C=O) groups excluding carboxylic acids is 1. The molecule has 144 valence electrons. The zero-order valence-corrected chi connectivity index (χ0v) is 16.3. The topological polar surface area (TPSA) is 61.5 Å². The molecule has 27 heavy (non-hydrogen) atoms. The number of rotatable bonds is 4. The lowest BCUT2D eigenvalue weighted by Crippen LogP contribution is -2.39. The Morgan fingerprint density at radius 3 is 2.37 bits per heavy atom. The summed E-state index contributed by atoms with van der Waals surface area (Å²) in [6.45, 7) is 2.67. The van der Waals surface area contributed by atoms with Crippen LogP contribution in [0.5, 0.6) is 0 Å². The first-order valence-corrected chi connectivity index (χ1v) is 9.73. The maximum Gasteiger partial charge on any atom is 0.325 e. The zero-order chi connectivity index (χ0) is 19.2. The van der Waals surface area contributed by atoms with Crippen LogP contribution in [0.25, 0.3) is 0 Å². The van der Waals surface area contributed by atoms with E-state index in [9.17, 15) is 4.79 Å². The molecule has 0 bridgehead atoms. The van der Waals surface area contributed by atoms with Gasteiger partial charge in [-0.3, -0.25) is 4.79 Å². The third-order valence-corrected chi connectivity index (χ3v) is 5.42. The average Bonchev–Trinajstić information content (AvgIpc) is 2.71. The smallest absolute Gasteiger partial charge is 0.325 e. The molecule has 1 aliphatic rings. The summed E-state index contributed by atoms with van der Waals surface area (Å²) in [6, 6.07) is 17.4. The van der Waals surface area contributed by atoms with E-state index in [1.54, 1.807) is 0 Å². The second kappa shape index (κ2) is 9.36. The summed E-state index contributed by atoms with van der Waals surface area (Å²) < 4.78 is 11.5. The van der Waals surface area contributed by atoms with Crippen molar-refractivity contribution in [3.8, 4) is 0 Å². The predicted molar refractivity (Wildman–Crippen MR) is 107 cm³/mol. The molecule has 1 saturated heterocycles. The van der Waals surface area contributed by atoms with Gasteiger partial charge in [-0.1, -0.05) is 54.1 Å². The van der Waals surface area contributed by atoms with Crippen LogP contribution in [0.3, 0.4) is 0 Å². The molecule has 0 aromatic heterocycles. The van der Waals surface area contributed by atoms with Crippen LogP contribution in [0.2, 0.25) is 5.02 Å². The van der Waals surface area contributed by atoms with Gasteiger partial charge in [-0.2, -0.15) is 0 Å². The van der Waals surface area contributed by atoms with Crippen molar-refractivity contribution in [3.05, 3.63) is 70.7 Å². The molecule has 1 aliphatic heterocycles. The number of ether oxygens (including phenoxy) is 2. The fourth-order valence-electron chi connectivity index (χ4n) is 3.63. The molecule has 0 amide bonds. The monoisotopic (exact) mass is 387 g/mol. The molecular weight excluding hydrogens is 362 g/mol. The van der Waals surface area contributed by atoms with E-state index < -0.39 is 12.0 Å². The number of hydrogen-bond donors (Lipinski definition) is 1. The van der Waals surface area contributed by atoms with Gasteiger partial charge < -0.3 is 15.2 Å². The Morgan fingerprint density at radius 2 is 1.67 bits per heavy atom. The second-order valence-electron chi connectivity index (χ2n) is 7.23. The van der Waals surface area contributed by atoms with Crippen LogP contribution in [-0.2, 0) is 27.1 Å². The fraction of sp³-hybridized carbons (Fsp3) is 0.409. The van der Waals surface area contributed by atoms with Crippen LogP contribution in [0, 0.1) is 11.8 Å². The molecule has 1 fully saturated rings. The van der Waals surface area contributed by atoms with E-state index in [0.29, 0.717) is 6.61 Å². The fourth-order valence-corrected chi connectivity index (χ4v) is 3.76. The normalized spacial score (nSPS) is 26.6. The Hall–Kier alpha value is -1.88. The van der Waals surface area contributed by atoms with E-state index in [-0.39, 0.29) is 24.5 Å². The van der Waals surface area contributed by atoms with Crippen LogP contribution in [0.15, 0.2) is 54.6 Å². The third kappa shape index (κ3) is 5.55. The molecule has 0 aliphatic carbocycles. The van der Waals surface area contributed by atoms with Crippen LogP contribution in [-0.4, -0.2) is 31.3 Å². The molecule has 1 heterocycles. The van der Waals surface area contributed by atoms with E-state index in [1.165, 1.54) is 11.1 Å². The van der Waals surface area contributed by atoms with E-state index in [4.69, 9.17) is 26.8 Å². The highest BCUT2D eigenvalue weighted by atomic mass is 35.5. The van der Waals surface area contributed by atoms with E-state index in [2.05, 4.69) is 12.1 Å². The molecular formula is C22H26ClNO3. The molecule has 5 heteroatoms. The Bertz CT molecular complexity index is 735. The molecule has 3 rings (SSSR count). The Kier molecular flexibility index (Phi) is 6.89. The van der Waals surface area contributed by atoms with E-state index in [0.717, 1.165) is 17.9 Å². The van der Waals surface area contributed by atoms with E-state index in [1.807, 2.05) is 49.4 Å². The van der Waals surface area contributed by atoms with Gasteiger partial charge in [0.15, 0.2) is 0 Å². The molecule has 4 atom stereocenters. The van der Waals surface area contributed by atoms with Crippen LogP contribution < -0.4 is 5.73 Å². The summed E-state index contributed by atoms with van der Waals surface area (Å²) >= 11 is 6.02. The quantitative estimate of drug-likeness (QED) is 0.813. The maximum absolute atomic E-state index is 12.2. The Morgan fingerprint density at radius 1 is 1.00 bits per heavy atom. The molecule has 0 unspecified atom stereocenters. The molecule has 0 spiro atoms. The first-order chi connectivity index (χ1) is 13.0. The van der Waals surface area contributed by atoms with Gasteiger partial charge in [0.1, 0.15) is 12.1 Å². The number of halogens is 1. The molecule has 0 radical (unpaired) electrons. The Balaban J connectivity index is 1.85. The summed E-state index contributed by atoms with van der Waals surface area (Å²) in [5, 5.41) is 0.721. The van der Waals surface area contributed by atoms with Crippen molar-refractivity contribution in [2.24, 2.45) is 17.6 Å². The molecule has 4 nitrogen and oxygen atoms in total. The summed E-state index contributed by atoms with van der Waals surface area (Å²) in [6.07, 6.45) is 1.39. The minimum absolute atomic E-state index is 0.123. The van der Waals surface area contributed by atoms with Crippen LogP contribution in [0.4, 0.5) is 0 Å². The first-order valence-electron chi connectivity index (χ1n) is 9.35. The van der Waals surface area contributed by atoms with E-state index >= 15 is 0 Å². The number of nitrogens with two attached hydrogens (primary N) is 1. The lowest BCUT2D eigenvalue weighted by Gasteiger charge is -2.31. The van der Waals surface area contributed by atoms with Gasteiger partial charge in [-0.25, -0.2) is 0 Å². The number of cyclic esters (lactones) is 1. The molecule has 2 aromatic carbocycles. The van der Waals surface area contributed by atoms with Gasteiger partial charge in [0, 0.05) is 10.9 Å². The highest BCUT2D eigenvalue weighted by Crippen LogP contribution is 2.29. The molecule has 2 N–H and O–H groups in total. The summed E-state index contributed by atoms with van der Waals surface area (Å²) in [5.41, 5.74) is 8.28. The number of carbonyl (C=O) groups is 1. The Labute approximate surface area is 165 Å². The van der Waals surface area contributed by atoms with Crippen molar-refractivity contribution in [1.29, 1.82) is 0 Å². The maximum atomic E-state index is 12.2. The van der Waals surface area contributed by atoms with Crippen molar-refractivity contribution < 1.29 is 14.3 Å². The highest BCUT2D eigenvalue weighted by molar-refractivity contribution is 6.30. The standard InChI is InChI=1S/C22H26ClNO3/c1-15-20(12-16-5-3-2-4-6-16)18(11-17-7-9-19(23)10-8-17)13-26-14-21(24)22(25)27-15/h2-10,15,18,20-21H,11-14,24H2,1H3/t15-,18-,20-,21-/m0/s1. The minimum atomic E-state index is -0.737. The number of hydrogen-bond acceptors (Lipinski definition) is 4. The van der Waals surface area contributed by atoms with Gasteiger partial charge in [-0.05, 0) is 48.9 Å². The molecule has 2 aromatic rings. The largest absolute Gasteiger partial charge is 0.461 e. The highest BCUT2D eigenvalue weighted by Gasteiger charge is 2.33. The summed E-state index contributed by atoms with van der Waals surface area (Å²) in [5.74, 6) is -0.0792. The minimum Gasteiger partial charge on any atom is -0.461 e. The van der Waals surface area contributed by atoms with Gasteiger partial charge in [0.2, 0.25) is 0 Å². The van der Waals surface area contributed by atoms with Gasteiger partial charge in [-0.15, -0.1) is 0 Å². The summed E-state index contributed by atoms with van der Waals surface area (Å²) in [7, 11) is 0. The number of benzene rings is 2. The van der Waals surface area contributed by atoms with Crippen molar-refractivity contribution >= 4 is 17.6 Å².